The van der Waals surface area contributed by atoms with Gasteiger partial charge in [0.2, 0.25) is 10.8 Å². The number of aryl methyl sites for hydroxylation is 1. The Labute approximate surface area is 177 Å². The second-order valence-corrected chi connectivity index (χ2v) is 8.57. The number of thiazole rings is 1. The van der Waals surface area contributed by atoms with Gasteiger partial charge in [-0.3, -0.25) is 4.90 Å². The second-order valence-electron chi connectivity index (χ2n) is 7.56. The van der Waals surface area contributed by atoms with Crippen LogP contribution in [0.3, 0.4) is 0 Å². The summed E-state index contributed by atoms with van der Waals surface area (Å²) < 4.78 is 14.8. The quantitative estimate of drug-likeness (QED) is 0.540. The summed E-state index contributed by atoms with van der Waals surface area (Å²) in [5, 5.41) is 15.0. The first-order valence-electron chi connectivity index (χ1n) is 9.92. The zero-order valence-electron chi connectivity index (χ0n) is 16.6. The highest BCUT2D eigenvalue weighted by molar-refractivity contribution is 7.17. The summed E-state index contributed by atoms with van der Waals surface area (Å²) in [5.74, 6) is -0.0670. The van der Waals surface area contributed by atoms with Crippen molar-refractivity contribution in [3.8, 4) is 5.88 Å². The van der Waals surface area contributed by atoms with Crippen molar-refractivity contribution in [2.75, 3.05) is 31.1 Å². The maximum Gasteiger partial charge on any atom is 0.230 e. The van der Waals surface area contributed by atoms with Crippen molar-refractivity contribution in [3.05, 3.63) is 76.7 Å². The lowest BCUT2D eigenvalue weighted by atomic mass is 10.0. The molecule has 1 aliphatic heterocycles. The molecule has 8 heteroatoms. The monoisotopic (exact) mass is 423 g/mol. The Balaban J connectivity index is 1.45. The molecule has 0 aliphatic carbocycles. The van der Waals surface area contributed by atoms with Crippen LogP contribution in [0.2, 0.25) is 0 Å². The van der Waals surface area contributed by atoms with Crippen LogP contribution in [0, 0.1) is 12.7 Å². The fourth-order valence-electron chi connectivity index (χ4n) is 4.04. The Morgan fingerprint density at radius 1 is 1.00 bits per heavy atom. The van der Waals surface area contributed by atoms with E-state index in [4.69, 9.17) is 0 Å². The van der Waals surface area contributed by atoms with Gasteiger partial charge in [-0.25, -0.2) is 9.37 Å². The molecule has 154 valence electrons. The fraction of sp³-hybridized carbons (Fsp3) is 0.273. The van der Waals surface area contributed by atoms with E-state index in [2.05, 4.69) is 51.1 Å². The van der Waals surface area contributed by atoms with Crippen LogP contribution in [0.4, 0.5) is 10.1 Å². The maximum absolute atomic E-state index is 13.3. The third-order valence-corrected chi connectivity index (χ3v) is 6.74. The number of aromatic nitrogens is 3. The molecule has 1 atom stereocenters. The Kier molecular flexibility index (Phi) is 4.88. The van der Waals surface area contributed by atoms with Crippen LogP contribution in [0.1, 0.15) is 22.0 Å². The molecule has 0 spiro atoms. The molecule has 1 aliphatic rings. The number of rotatable bonds is 4. The van der Waals surface area contributed by atoms with E-state index >= 15 is 0 Å². The first-order valence-corrected chi connectivity index (χ1v) is 10.7. The van der Waals surface area contributed by atoms with Crippen LogP contribution < -0.4 is 4.90 Å². The average Bonchev–Trinajstić information content (AvgIpc) is 3.34. The topological polar surface area (TPSA) is 56.9 Å². The number of benzene rings is 2. The van der Waals surface area contributed by atoms with Crippen LogP contribution in [-0.2, 0) is 0 Å². The molecule has 3 heterocycles. The SMILES string of the molecule is Cc1ccc([C@H](c2sc3ncnn3c2O)N2CCN(c3ccc(F)cc3)CC2)cc1. The summed E-state index contributed by atoms with van der Waals surface area (Å²) in [4.78, 5) is 10.4. The van der Waals surface area contributed by atoms with E-state index in [-0.39, 0.29) is 17.7 Å². The average molecular weight is 424 g/mol. The number of hydrogen-bond donors (Lipinski definition) is 1. The molecule has 30 heavy (non-hydrogen) atoms. The van der Waals surface area contributed by atoms with Gasteiger partial charge in [-0.15, -0.1) is 0 Å². The zero-order valence-corrected chi connectivity index (χ0v) is 17.4. The van der Waals surface area contributed by atoms with Gasteiger partial charge in [-0.05, 0) is 36.8 Å². The van der Waals surface area contributed by atoms with Crippen molar-refractivity contribution >= 4 is 22.0 Å². The third kappa shape index (κ3) is 3.42. The van der Waals surface area contributed by atoms with Crippen molar-refractivity contribution in [2.24, 2.45) is 0 Å². The molecule has 0 unspecified atom stereocenters. The van der Waals surface area contributed by atoms with Crippen molar-refractivity contribution in [3.63, 3.8) is 0 Å². The highest BCUT2D eigenvalue weighted by Crippen LogP contribution is 2.40. The van der Waals surface area contributed by atoms with E-state index in [1.54, 1.807) is 0 Å². The molecule has 0 saturated carbocycles. The molecule has 1 saturated heterocycles. The first-order chi connectivity index (χ1) is 14.6. The molecular weight excluding hydrogens is 401 g/mol. The van der Waals surface area contributed by atoms with Crippen LogP contribution in [0.25, 0.3) is 4.96 Å². The van der Waals surface area contributed by atoms with E-state index in [1.165, 1.54) is 39.9 Å². The minimum atomic E-state index is -0.219. The van der Waals surface area contributed by atoms with Gasteiger partial charge >= 0.3 is 0 Å². The Hall–Kier alpha value is -2.97. The number of piperazine rings is 1. The van der Waals surface area contributed by atoms with Gasteiger partial charge in [0.25, 0.3) is 0 Å². The predicted molar refractivity (Wildman–Crippen MR) is 116 cm³/mol. The Bertz CT molecular complexity index is 1150. The van der Waals surface area contributed by atoms with Gasteiger partial charge in [-0.1, -0.05) is 41.2 Å². The molecule has 0 bridgehead atoms. The van der Waals surface area contributed by atoms with Crippen molar-refractivity contribution < 1.29 is 9.50 Å². The molecule has 4 aromatic rings. The highest BCUT2D eigenvalue weighted by Gasteiger charge is 2.31. The van der Waals surface area contributed by atoms with Gasteiger partial charge in [-0.2, -0.15) is 9.61 Å². The molecule has 5 rings (SSSR count). The summed E-state index contributed by atoms with van der Waals surface area (Å²) >= 11 is 1.47. The second kappa shape index (κ2) is 7.70. The summed E-state index contributed by atoms with van der Waals surface area (Å²) in [6.07, 6.45) is 1.46. The lowest BCUT2D eigenvalue weighted by Crippen LogP contribution is -2.47. The van der Waals surface area contributed by atoms with Gasteiger partial charge in [0, 0.05) is 31.9 Å². The number of anilines is 1. The number of nitrogens with zero attached hydrogens (tertiary/aromatic N) is 5. The van der Waals surface area contributed by atoms with Crippen LogP contribution in [-0.4, -0.2) is 50.8 Å². The smallest absolute Gasteiger partial charge is 0.230 e. The third-order valence-electron chi connectivity index (χ3n) is 5.65. The summed E-state index contributed by atoms with van der Waals surface area (Å²) in [7, 11) is 0. The van der Waals surface area contributed by atoms with E-state index in [0.717, 1.165) is 42.3 Å². The number of aromatic hydroxyl groups is 1. The molecule has 0 radical (unpaired) electrons. The van der Waals surface area contributed by atoms with Gasteiger partial charge in [0.05, 0.1) is 10.9 Å². The lowest BCUT2D eigenvalue weighted by Gasteiger charge is -2.40. The van der Waals surface area contributed by atoms with Crippen molar-refractivity contribution in [1.82, 2.24) is 19.5 Å². The molecule has 2 aromatic heterocycles. The molecular formula is C22H22FN5OS. The van der Waals surface area contributed by atoms with Gasteiger partial charge in [0.15, 0.2) is 0 Å². The number of fused-ring (bicyclic) bond motifs is 1. The minimum Gasteiger partial charge on any atom is -0.492 e. The number of halogens is 1. The van der Waals surface area contributed by atoms with Crippen molar-refractivity contribution in [2.45, 2.75) is 13.0 Å². The Morgan fingerprint density at radius 2 is 1.70 bits per heavy atom. The van der Waals surface area contributed by atoms with E-state index in [0.29, 0.717) is 4.96 Å². The normalized spacial score (nSPS) is 16.3. The van der Waals surface area contributed by atoms with E-state index < -0.39 is 0 Å². The molecule has 1 N–H and O–H groups in total. The van der Waals surface area contributed by atoms with Crippen LogP contribution in [0.5, 0.6) is 5.88 Å². The molecule has 6 nitrogen and oxygen atoms in total. The zero-order chi connectivity index (χ0) is 20.7. The maximum atomic E-state index is 13.3. The molecule has 2 aromatic carbocycles. The van der Waals surface area contributed by atoms with E-state index in [9.17, 15) is 9.50 Å². The van der Waals surface area contributed by atoms with Crippen LogP contribution >= 0.6 is 11.3 Å². The highest BCUT2D eigenvalue weighted by atomic mass is 32.1. The largest absolute Gasteiger partial charge is 0.492 e. The summed E-state index contributed by atoms with van der Waals surface area (Å²) in [6, 6.07) is 15.0. The van der Waals surface area contributed by atoms with Gasteiger partial charge < -0.3 is 10.0 Å². The van der Waals surface area contributed by atoms with Gasteiger partial charge in [0.1, 0.15) is 12.1 Å². The minimum absolute atomic E-state index is 0.0746. The van der Waals surface area contributed by atoms with E-state index in [1.807, 2.05) is 12.1 Å². The lowest BCUT2D eigenvalue weighted by molar-refractivity contribution is 0.211. The molecule has 1 fully saturated rings. The fourth-order valence-corrected chi connectivity index (χ4v) is 5.13. The predicted octanol–water partition coefficient (Wildman–Crippen LogP) is 3.86. The summed E-state index contributed by atoms with van der Waals surface area (Å²) in [6.45, 7) is 5.37. The molecule has 0 amide bonds. The Morgan fingerprint density at radius 3 is 2.37 bits per heavy atom. The summed E-state index contributed by atoms with van der Waals surface area (Å²) in [5.41, 5.74) is 3.37. The van der Waals surface area contributed by atoms with Crippen LogP contribution in [0.15, 0.2) is 54.9 Å². The number of hydrogen-bond acceptors (Lipinski definition) is 6. The first kappa shape index (κ1) is 19.0. The van der Waals surface area contributed by atoms with Crippen molar-refractivity contribution in [1.29, 1.82) is 0 Å². The standard InChI is InChI=1S/C22H22FN5OS/c1-15-2-4-16(5-3-15)19(20-21(29)28-22(30-20)24-14-25-28)27-12-10-26(11-13-27)18-8-6-17(23)7-9-18/h2-9,14,19,29H,10-13H2,1H3/t19-/m1/s1.